The Labute approximate surface area is 113 Å². The maximum Gasteiger partial charge on any atom is 0.246 e. The zero-order chi connectivity index (χ0) is 14.3. The zero-order valence-corrected chi connectivity index (χ0v) is 11.4. The molecule has 5 nitrogen and oxygen atoms in total. The predicted molar refractivity (Wildman–Crippen MR) is 71.8 cm³/mol. The molecular weight excluding hydrogens is 264 g/mol. The third-order valence-corrected chi connectivity index (χ3v) is 3.95. The van der Waals surface area contributed by atoms with Crippen molar-refractivity contribution in [2.24, 2.45) is 0 Å². The Morgan fingerprint density at radius 1 is 1.32 bits per heavy atom. The maximum absolute atomic E-state index is 12.2. The van der Waals surface area contributed by atoms with Crippen LogP contribution in [0.15, 0.2) is 23.2 Å². The summed E-state index contributed by atoms with van der Waals surface area (Å²) in [5.41, 5.74) is 0. The first-order valence-electron chi connectivity index (χ1n) is 5.52. The highest BCUT2D eigenvalue weighted by molar-refractivity contribution is 7.89. The molecule has 0 aliphatic carbocycles. The van der Waals surface area contributed by atoms with E-state index >= 15 is 0 Å². The molecule has 0 fully saturated rings. The van der Waals surface area contributed by atoms with Gasteiger partial charge in [-0.25, -0.2) is 13.4 Å². The van der Waals surface area contributed by atoms with Crippen molar-refractivity contribution in [3.8, 4) is 30.6 Å². The molecule has 0 saturated carbocycles. The molecule has 0 aromatic carbocycles. The summed E-state index contributed by atoms with van der Waals surface area (Å²) < 4.78 is 30.6. The van der Waals surface area contributed by atoms with E-state index in [4.69, 9.17) is 17.6 Å². The molecular formula is C13H14N2O3S. The molecule has 0 unspecified atom stereocenters. The highest BCUT2D eigenvalue weighted by Gasteiger charge is 2.23. The SMILES string of the molecule is C#CCN(CC#C)S(=O)(=O)c1ccc(OCC)nc1. The fourth-order valence-corrected chi connectivity index (χ4v) is 2.54. The Balaban J connectivity index is 3.05. The normalized spacial score (nSPS) is 10.7. The number of terminal acetylenes is 2. The van der Waals surface area contributed by atoms with Gasteiger partial charge < -0.3 is 4.74 Å². The van der Waals surface area contributed by atoms with Crippen LogP contribution in [0.5, 0.6) is 5.88 Å². The quantitative estimate of drug-likeness (QED) is 0.720. The fourth-order valence-electron chi connectivity index (χ4n) is 1.33. The van der Waals surface area contributed by atoms with E-state index in [9.17, 15) is 8.42 Å². The average Bonchev–Trinajstić information content (AvgIpc) is 2.39. The lowest BCUT2D eigenvalue weighted by Gasteiger charge is -2.17. The van der Waals surface area contributed by atoms with Crippen LogP contribution >= 0.6 is 0 Å². The van der Waals surface area contributed by atoms with Crippen LogP contribution in [0.25, 0.3) is 0 Å². The van der Waals surface area contributed by atoms with Crippen molar-refractivity contribution >= 4 is 10.0 Å². The molecule has 1 rings (SSSR count). The van der Waals surface area contributed by atoms with E-state index in [1.165, 1.54) is 18.3 Å². The second kappa shape index (κ2) is 6.79. The van der Waals surface area contributed by atoms with Crippen molar-refractivity contribution in [2.75, 3.05) is 19.7 Å². The first-order valence-corrected chi connectivity index (χ1v) is 6.96. The van der Waals surface area contributed by atoms with Crippen LogP contribution < -0.4 is 4.74 Å². The molecule has 0 aliphatic heterocycles. The van der Waals surface area contributed by atoms with Crippen molar-refractivity contribution in [3.63, 3.8) is 0 Å². The standard InChI is InChI=1S/C13H14N2O3S/c1-4-9-15(10-5-2)19(16,17)12-7-8-13(14-11-12)18-6-3/h1-2,7-8,11H,6,9-10H2,3H3. The highest BCUT2D eigenvalue weighted by atomic mass is 32.2. The molecule has 100 valence electrons. The van der Waals surface area contributed by atoms with Gasteiger partial charge in [0.15, 0.2) is 0 Å². The minimum absolute atomic E-state index is 0.0291. The molecule has 0 N–H and O–H groups in total. The van der Waals surface area contributed by atoms with Gasteiger partial charge in [-0.3, -0.25) is 0 Å². The fraction of sp³-hybridized carbons (Fsp3) is 0.308. The van der Waals surface area contributed by atoms with Crippen LogP contribution in [0.4, 0.5) is 0 Å². The summed E-state index contributed by atoms with van der Waals surface area (Å²) in [5.74, 6) is 4.90. The van der Waals surface area contributed by atoms with Gasteiger partial charge in [0.1, 0.15) is 4.90 Å². The van der Waals surface area contributed by atoms with Crippen molar-refractivity contribution in [3.05, 3.63) is 18.3 Å². The molecule has 0 atom stereocenters. The molecule has 1 aromatic rings. The number of nitrogens with zero attached hydrogens (tertiary/aromatic N) is 2. The Bertz CT molecular complexity index is 578. The summed E-state index contributed by atoms with van der Waals surface area (Å²) >= 11 is 0. The van der Waals surface area contributed by atoms with Crippen molar-refractivity contribution < 1.29 is 13.2 Å². The van der Waals surface area contributed by atoms with Crippen molar-refractivity contribution in [1.29, 1.82) is 0 Å². The van der Waals surface area contributed by atoms with Gasteiger partial charge in [-0.05, 0) is 13.0 Å². The Hall–Kier alpha value is -2.02. The molecule has 1 aromatic heterocycles. The van der Waals surface area contributed by atoms with E-state index in [0.29, 0.717) is 12.5 Å². The van der Waals surface area contributed by atoms with E-state index in [-0.39, 0.29) is 18.0 Å². The number of pyridine rings is 1. The zero-order valence-electron chi connectivity index (χ0n) is 10.5. The van der Waals surface area contributed by atoms with Gasteiger partial charge in [-0.15, -0.1) is 12.8 Å². The van der Waals surface area contributed by atoms with Crippen LogP contribution in [0, 0.1) is 24.7 Å². The summed E-state index contributed by atoms with van der Waals surface area (Å²) in [6, 6.07) is 2.90. The second-order valence-electron chi connectivity index (χ2n) is 3.45. The predicted octanol–water partition coefficient (Wildman–Crippen LogP) is 0.737. The lowest BCUT2D eigenvalue weighted by atomic mass is 10.5. The van der Waals surface area contributed by atoms with E-state index < -0.39 is 10.0 Å². The molecule has 19 heavy (non-hydrogen) atoms. The third kappa shape index (κ3) is 3.72. The van der Waals surface area contributed by atoms with Crippen LogP contribution in [-0.2, 0) is 10.0 Å². The molecule has 0 amide bonds. The van der Waals surface area contributed by atoms with Crippen LogP contribution in [0.3, 0.4) is 0 Å². The first-order chi connectivity index (χ1) is 9.06. The number of sulfonamides is 1. The van der Waals surface area contributed by atoms with Crippen LogP contribution in [0.2, 0.25) is 0 Å². The van der Waals surface area contributed by atoms with Gasteiger partial charge in [0.2, 0.25) is 15.9 Å². The summed E-state index contributed by atoms with van der Waals surface area (Å²) in [5, 5.41) is 0. The lowest BCUT2D eigenvalue weighted by Crippen LogP contribution is -2.31. The Morgan fingerprint density at radius 3 is 2.37 bits per heavy atom. The van der Waals surface area contributed by atoms with Crippen molar-refractivity contribution in [2.45, 2.75) is 11.8 Å². The molecule has 1 heterocycles. The minimum Gasteiger partial charge on any atom is -0.478 e. The first kappa shape index (κ1) is 15.0. The minimum atomic E-state index is -3.73. The van der Waals surface area contributed by atoms with E-state index in [2.05, 4.69) is 16.8 Å². The summed E-state index contributed by atoms with van der Waals surface area (Å²) in [4.78, 5) is 3.94. The molecule has 0 radical (unpaired) electrons. The average molecular weight is 278 g/mol. The van der Waals surface area contributed by atoms with Crippen LogP contribution in [0.1, 0.15) is 6.92 Å². The molecule has 0 aliphatic rings. The van der Waals surface area contributed by atoms with E-state index in [1.54, 1.807) is 0 Å². The summed E-state index contributed by atoms with van der Waals surface area (Å²) in [7, 11) is -3.73. The number of ether oxygens (including phenoxy) is 1. The Kier molecular flexibility index (Phi) is 5.37. The largest absolute Gasteiger partial charge is 0.478 e. The number of rotatable bonds is 6. The van der Waals surface area contributed by atoms with Crippen LogP contribution in [-0.4, -0.2) is 37.4 Å². The van der Waals surface area contributed by atoms with E-state index in [1.807, 2.05) is 6.92 Å². The molecule has 6 heteroatoms. The third-order valence-electron chi connectivity index (χ3n) is 2.17. The Morgan fingerprint density at radius 2 is 1.95 bits per heavy atom. The summed E-state index contributed by atoms with van der Waals surface area (Å²) in [6.07, 6.45) is 11.5. The lowest BCUT2D eigenvalue weighted by molar-refractivity contribution is 0.326. The summed E-state index contributed by atoms with van der Waals surface area (Å²) in [6.45, 7) is 2.10. The van der Waals surface area contributed by atoms with Gasteiger partial charge in [-0.1, -0.05) is 11.8 Å². The number of hydrogen-bond acceptors (Lipinski definition) is 4. The second-order valence-corrected chi connectivity index (χ2v) is 5.38. The van der Waals surface area contributed by atoms with Gasteiger partial charge in [0.05, 0.1) is 25.9 Å². The number of aromatic nitrogens is 1. The molecule has 0 bridgehead atoms. The molecule has 0 spiro atoms. The monoisotopic (exact) mass is 278 g/mol. The number of hydrogen-bond donors (Lipinski definition) is 0. The smallest absolute Gasteiger partial charge is 0.246 e. The van der Waals surface area contributed by atoms with Crippen molar-refractivity contribution in [1.82, 2.24) is 9.29 Å². The highest BCUT2D eigenvalue weighted by Crippen LogP contribution is 2.16. The van der Waals surface area contributed by atoms with Gasteiger partial charge in [0.25, 0.3) is 0 Å². The van der Waals surface area contributed by atoms with Gasteiger partial charge >= 0.3 is 0 Å². The van der Waals surface area contributed by atoms with E-state index in [0.717, 1.165) is 4.31 Å². The van der Waals surface area contributed by atoms with Gasteiger partial charge in [-0.2, -0.15) is 4.31 Å². The van der Waals surface area contributed by atoms with Gasteiger partial charge in [0, 0.05) is 6.07 Å². The maximum atomic E-state index is 12.2. The molecule has 0 saturated heterocycles. The topological polar surface area (TPSA) is 59.5 Å².